The minimum Gasteiger partial charge on any atom is -0.493 e. The van der Waals surface area contributed by atoms with Crippen molar-refractivity contribution in [3.05, 3.63) is 83.3 Å². The number of pyridine rings is 2. The monoisotopic (exact) mass is 385 g/mol. The molecule has 4 rings (SSSR count). The molecule has 144 valence electrons. The molecule has 0 radical (unpaired) electrons. The summed E-state index contributed by atoms with van der Waals surface area (Å²) in [4.78, 5) is 24.6. The molecule has 0 aliphatic carbocycles. The number of aromatic nitrogens is 2. The van der Waals surface area contributed by atoms with E-state index in [2.05, 4.69) is 9.97 Å². The van der Waals surface area contributed by atoms with E-state index >= 15 is 0 Å². The van der Waals surface area contributed by atoms with Crippen LogP contribution in [0.1, 0.15) is 33.5 Å². The van der Waals surface area contributed by atoms with Crippen LogP contribution < -0.4 is 16.2 Å². The first kappa shape index (κ1) is 18.4. The molecule has 1 aliphatic rings. The van der Waals surface area contributed by atoms with E-state index in [9.17, 15) is 4.79 Å². The van der Waals surface area contributed by atoms with Crippen molar-refractivity contribution in [1.29, 1.82) is 0 Å². The highest BCUT2D eigenvalue weighted by atomic mass is 16.5. The minimum absolute atomic E-state index is 0.337. The molecule has 1 aromatic carbocycles. The molecule has 7 nitrogen and oxygen atoms in total. The van der Waals surface area contributed by atoms with Crippen LogP contribution in [-0.4, -0.2) is 28.7 Å². The Labute approximate surface area is 167 Å². The Morgan fingerprint density at radius 2 is 1.76 bits per heavy atom. The lowest BCUT2D eigenvalue weighted by Crippen LogP contribution is -2.11. The molecule has 29 heavy (non-hydrogen) atoms. The number of allylic oxidation sites excluding steroid dienone is 1. The Bertz CT molecular complexity index is 1140. The number of hydrogen-bond acceptors (Lipinski definition) is 6. The summed E-state index contributed by atoms with van der Waals surface area (Å²) in [5.74, 6) is 0.396. The number of ether oxygens (including phenoxy) is 1. The van der Waals surface area contributed by atoms with Crippen molar-refractivity contribution in [2.75, 3.05) is 12.8 Å². The fourth-order valence-electron chi connectivity index (χ4n) is 3.26. The minimum atomic E-state index is -0.457. The Morgan fingerprint density at radius 3 is 2.41 bits per heavy atom. The van der Waals surface area contributed by atoms with Gasteiger partial charge in [0.05, 0.1) is 18.5 Å². The average Bonchev–Trinajstić information content (AvgIpc) is 3.20. The van der Waals surface area contributed by atoms with Crippen molar-refractivity contribution in [3.63, 3.8) is 0 Å². The summed E-state index contributed by atoms with van der Waals surface area (Å²) in [7, 11) is 1.56. The largest absolute Gasteiger partial charge is 0.493 e. The number of aliphatic imine (C=N–C) groups is 1. The maximum atomic E-state index is 11.3. The van der Waals surface area contributed by atoms with E-state index in [1.54, 1.807) is 37.8 Å². The number of amides is 1. The molecule has 1 amide bonds. The standard InChI is InChI=1S/C22H19N5O2/c1-29-19-10-16(12-26-21(19)23)17-11-18(13-2-4-15(5-3-13)22(24)28)27-20(17)14-6-8-25-9-7-14/h2-10,12H,11H2,1H3,(H2,23,26)(H2,24,28). The van der Waals surface area contributed by atoms with Gasteiger partial charge in [-0.25, -0.2) is 4.98 Å². The van der Waals surface area contributed by atoms with Gasteiger partial charge in [-0.2, -0.15) is 0 Å². The van der Waals surface area contributed by atoms with E-state index in [0.717, 1.165) is 33.7 Å². The zero-order valence-corrected chi connectivity index (χ0v) is 15.8. The summed E-state index contributed by atoms with van der Waals surface area (Å²) in [5.41, 5.74) is 17.2. The second-order valence-electron chi connectivity index (χ2n) is 6.55. The number of carbonyl (C=O) groups is 1. The van der Waals surface area contributed by atoms with E-state index in [4.69, 9.17) is 21.2 Å². The van der Waals surface area contributed by atoms with Crippen LogP contribution in [0.15, 0.2) is 66.0 Å². The number of hydrogen-bond donors (Lipinski definition) is 2. The van der Waals surface area contributed by atoms with Gasteiger partial charge in [0, 0.05) is 41.7 Å². The molecule has 3 heterocycles. The number of rotatable bonds is 5. The number of primary amides is 1. The van der Waals surface area contributed by atoms with Crippen molar-refractivity contribution in [2.45, 2.75) is 6.42 Å². The SMILES string of the molecule is COc1cc(C2=C(c3ccncc3)N=C(c3ccc(C(N)=O)cc3)C2)cnc1N. The number of benzene rings is 1. The van der Waals surface area contributed by atoms with E-state index < -0.39 is 5.91 Å². The van der Waals surface area contributed by atoms with E-state index in [-0.39, 0.29) is 0 Å². The number of nitrogens with zero attached hydrogens (tertiary/aromatic N) is 3. The van der Waals surface area contributed by atoms with Crippen LogP contribution in [0.3, 0.4) is 0 Å². The number of carbonyl (C=O) groups excluding carboxylic acids is 1. The van der Waals surface area contributed by atoms with Crippen molar-refractivity contribution in [1.82, 2.24) is 9.97 Å². The predicted molar refractivity (Wildman–Crippen MR) is 112 cm³/mol. The van der Waals surface area contributed by atoms with Crippen LogP contribution in [0.25, 0.3) is 11.3 Å². The highest BCUT2D eigenvalue weighted by Crippen LogP contribution is 2.38. The molecule has 2 aromatic heterocycles. The van der Waals surface area contributed by atoms with Gasteiger partial charge in [0.15, 0.2) is 11.6 Å². The lowest BCUT2D eigenvalue weighted by Gasteiger charge is -2.10. The molecule has 0 saturated carbocycles. The number of nitrogens with two attached hydrogens (primary N) is 2. The fourth-order valence-corrected chi connectivity index (χ4v) is 3.26. The second kappa shape index (κ2) is 7.55. The quantitative estimate of drug-likeness (QED) is 0.700. The predicted octanol–water partition coefficient (Wildman–Crippen LogP) is 2.93. The highest BCUT2D eigenvalue weighted by Gasteiger charge is 2.23. The molecule has 0 fully saturated rings. The first-order valence-electron chi connectivity index (χ1n) is 8.98. The Hall–Kier alpha value is -4.00. The van der Waals surface area contributed by atoms with Gasteiger partial charge in [-0.15, -0.1) is 0 Å². The van der Waals surface area contributed by atoms with E-state index in [1.165, 1.54) is 0 Å². The molecule has 0 atom stereocenters. The van der Waals surface area contributed by atoms with Crippen molar-refractivity contribution < 1.29 is 9.53 Å². The van der Waals surface area contributed by atoms with E-state index in [1.807, 2.05) is 30.3 Å². The zero-order chi connectivity index (χ0) is 20.4. The molecule has 0 spiro atoms. The molecule has 0 saturated heterocycles. The van der Waals surface area contributed by atoms with Gasteiger partial charge in [-0.05, 0) is 41.5 Å². The van der Waals surface area contributed by atoms with Crippen LogP contribution in [0, 0.1) is 0 Å². The van der Waals surface area contributed by atoms with Gasteiger partial charge in [-0.1, -0.05) is 12.1 Å². The zero-order valence-electron chi connectivity index (χ0n) is 15.8. The number of methoxy groups -OCH3 is 1. The lowest BCUT2D eigenvalue weighted by atomic mass is 9.97. The van der Waals surface area contributed by atoms with Gasteiger partial charge in [0.2, 0.25) is 5.91 Å². The van der Waals surface area contributed by atoms with Crippen LogP contribution in [0.2, 0.25) is 0 Å². The summed E-state index contributed by atoms with van der Waals surface area (Å²) in [6.07, 6.45) is 5.79. The Morgan fingerprint density at radius 1 is 1.03 bits per heavy atom. The summed E-state index contributed by atoms with van der Waals surface area (Å²) >= 11 is 0. The highest BCUT2D eigenvalue weighted by molar-refractivity contribution is 6.17. The average molecular weight is 385 g/mol. The van der Waals surface area contributed by atoms with Gasteiger partial charge in [-0.3, -0.25) is 14.8 Å². The van der Waals surface area contributed by atoms with Crippen LogP contribution >= 0.6 is 0 Å². The van der Waals surface area contributed by atoms with Gasteiger partial charge in [0.25, 0.3) is 0 Å². The lowest BCUT2D eigenvalue weighted by molar-refractivity contribution is 0.100. The van der Waals surface area contributed by atoms with Crippen molar-refractivity contribution in [2.24, 2.45) is 10.7 Å². The first-order chi connectivity index (χ1) is 14.1. The van der Waals surface area contributed by atoms with Crippen molar-refractivity contribution >= 4 is 28.7 Å². The topological polar surface area (TPSA) is 116 Å². The molecule has 7 heteroatoms. The fraction of sp³-hybridized carbons (Fsp3) is 0.0909. The van der Waals surface area contributed by atoms with Crippen LogP contribution in [0.5, 0.6) is 5.75 Å². The summed E-state index contributed by atoms with van der Waals surface area (Å²) in [6.45, 7) is 0. The van der Waals surface area contributed by atoms with Crippen LogP contribution in [-0.2, 0) is 0 Å². The van der Waals surface area contributed by atoms with Crippen LogP contribution in [0.4, 0.5) is 5.82 Å². The Kier molecular flexibility index (Phi) is 4.78. The summed E-state index contributed by atoms with van der Waals surface area (Å²) < 4.78 is 5.33. The van der Waals surface area contributed by atoms with E-state index in [0.29, 0.717) is 23.6 Å². The Balaban J connectivity index is 1.78. The first-order valence-corrected chi connectivity index (χ1v) is 8.98. The molecule has 4 N–H and O–H groups in total. The second-order valence-corrected chi connectivity index (χ2v) is 6.55. The molecule has 0 bridgehead atoms. The number of nitrogen functional groups attached to an aromatic ring is 1. The molecular formula is C22H19N5O2. The van der Waals surface area contributed by atoms with Gasteiger partial charge in [0.1, 0.15) is 0 Å². The molecule has 1 aliphatic heterocycles. The molecule has 3 aromatic rings. The maximum Gasteiger partial charge on any atom is 0.248 e. The van der Waals surface area contributed by atoms with Gasteiger partial charge < -0.3 is 16.2 Å². The third-order valence-corrected chi connectivity index (χ3v) is 4.78. The molecular weight excluding hydrogens is 366 g/mol. The normalized spacial score (nSPS) is 13.3. The smallest absolute Gasteiger partial charge is 0.248 e. The molecule has 0 unspecified atom stereocenters. The third-order valence-electron chi connectivity index (χ3n) is 4.78. The summed E-state index contributed by atoms with van der Waals surface area (Å²) in [6, 6.07) is 12.8. The van der Waals surface area contributed by atoms with Crippen molar-refractivity contribution in [3.8, 4) is 5.75 Å². The maximum absolute atomic E-state index is 11.3. The van der Waals surface area contributed by atoms with Gasteiger partial charge >= 0.3 is 0 Å². The third kappa shape index (κ3) is 3.58. The number of anilines is 1. The summed E-state index contributed by atoms with van der Waals surface area (Å²) in [5, 5.41) is 0.